The fraction of sp³-hybridized carbons (Fsp3) is 0.267. The fourth-order valence-electron chi connectivity index (χ4n) is 2.01. The number of pyridine rings is 1. The molecular formula is C15H18FN3. The monoisotopic (exact) mass is 259 g/mol. The first-order chi connectivity index (χ1) is 9.24. The Balaban J connectivity index is 2.26. The minimum atomic E-state index is -0.234. The summed E-state index contributed by atoms with van der Waals surface area (Å²) >= 11 is 0. The third kappa shape index (κ3) is 3.29. The van der Waals surface area contributed by atoms with Gasteiger partial charge in [0.2, 0.25) is 0 Å². The fourth-order valence-corrected chi connectivity index (χ4v) is 2.01. The van der Waals surface area contributed by atoms with Crippen LogP contribution in [0.4, 0.5) is 15.9 Å². The summed E-state index contributed by atoms with van der Waals surface area (Å²) in [4.78, 5) is 6.42. The summed E-state index contributed by atoms with van der Waals surface area (Å²) < 4.78 is 13.3. The van der Waals surface area contributed by atoms with Gasteiger partial charge in [-0.15, -0.1) is 0 Å². The summed E-state index contributed by atoms with van der Waals surface area (Å²) in [5.41, 5.74) is 1.94. The molecule has 1 aromatic carbocycles. The van der Waals surface area contributed by atoms with Gasteiger partial charge in [0.05, 0.1) is 0 Å². The molecule has 100 valence electrons. The van der Waals surface area contributed by atoms with Crippen LogP contribution in [0.5, 0.6) is 0 Å². The maximum Gasteiger partial charge on any atom is 0.132 e. The van der Waals surface area contributed by atoms with E-state index in [1.807, 2.05) is 43.3 Å². The van der Waals surface area contributed by atoms with Gasteiger partial charge in [0, 0.05) is 25.0 Å². The highest BCUT2D eigenvalue weighted by atomic mass is 19.1. The van der Waals surface area contributed by atoms with E-state index in [0.717, 1.165) is 30.2 Å². The van der Waals surface area contributed by atoms with Crippen molar-refractivity contribution in [2.24, 2.45) is 0 Å². The standard InChI is InChI=1S/C15H18FN3/c1-3-19(14-6-4-5-13(16)9-14)15-8-7-12(10-17-2)11-18-15/h4-9,11,17H,3,10H2,1-2H3. The molecule has 0 atom stereocenters. The number of nitrogens with one attached hydrogen (secondary N) is 1. The van der Waals surface area contributed by atoms with E-state index < -0.39 is 0 Å². The number of halogens is 1. The first-order valence-electron chi connectivity index (χ1n) is 6.37. The molecule has 0 unspecified atom stereocenters. The van der Waals surface area contributed by atoms with Crippen molar-refractivity contribution in [3.8, 4) is 0 Å². The van der Waals surface area contributed by atoms with Crippen LogP contribution in [0.3, 0.4) is 0 Å². The van der Waals surface area contributed by atoms with E-state index in [0.29, 0.717) is 0 Å². The lowest BCUT2D eigenvalue weighted by atomic mass is 10.2. The van der Waals surface area contributed by atoms with Crippen LogP contribution < -0.4 is 10.2 Å². The van der Waals surface area contributed by atoms with E-state index in [-0.39, 0.29) is 5.82 Å². The maximum absolute atomic E-state index is 13.3. The van der Waals surface area contributed by atoms with Crippen molar-refractivity contribution in [1.82, 2.24) is 10.3 Å². The molecule has 0 spiro atoms. The molecule has 2 rings (SSSR count). The van der Waals surface area contributed by atoms with Crippen molar-refractivity contribution in [2.75, 3.05) is 18.5 Å². The van der Waals surface area contributed by atoms with Crippen LogP contribution in [0.2, 0.25) is 0 Å². The Morgan fingerprint density at radius 2 is 2.11 bits per heavy atom. The van der Waals surface area contributed by atoms with Crippen molar-refractivity contribution >= 4 is 11.5 Å². The van der Waals surface area contributed by atoms with Crippen LogP contribution in [0.25, 0.3) is 0 Å². The second-order valence-corrected chi connectivity index (χ2v) is 4.28. The summed E-state index contributed by atoms with van der Waals surface area (Å²) in [6, 6.07) is 10.5. The van der Waals surface area contributed by atoms with Gasteiger partial charge in [0.1, 0.15) is 11.6 Å². The topological polar surface area (TPSA) is 28.2 Å². The zero-order valence-electron chi connectivity index (χ0n) is 11.2. The van der Waals surface area contributed by atoms with Gasteiger partial charge in [-0.25, -0.2) is 9.37 Å². The molecule has 3 nitrogen and oxygen atoms in total. The number of benzene rings is 1. The molecule has 0 aliphatic heterocycles. The molecule has 1 heterocycles. The van der Waals surface area contributed by atoms with Crippen molar-refractivity contribution in [2.45, 2.75) is 13.5 Å². The molecule has 0 aliphatic rings. The molecule has 0 bridgehead atoms. The van der Waals surface area contributed by atoms with Crippen LogP contribution >= 0.6 is 0 Å². The van der Waals surface area contributed by atoms with Gasteiger partial charge in [-0.3, -0.25) is 0 Å². The number of nitrogens with zero attached hydrogens (tertiary/aromatic N) is 2. The lowest BCUT2D eigenvalue weighted by Crippen LogP contribution is -2.17. The highest BCUT2D eigenvalue weighted by molar-refractivity contribution is 5.59. The van der Waals surface area contributed by atoms with E-state index in [1.165, 1.54) is 12.1 Å². The Bertz CT molecular complexity index is 525. The summed E-state index contributed by atoms with van der Waals surface area (Å²) in [7, 11) is 1.90. The Morgan fingerprint density at radius 1 is 1.26 bits per heavy atom. The van der Waals surface area contributed by atoms with Gasteiger partial charge >= 0.3 is 0 Å². The van der Waals surface area contributed by atoms with Crippen LogP contribution in [0.1, 0.15) is 12.5 Å². The summed E-state index contributed by atoms with van der Waals surface area (Å²) in [6.07, 6.45) is 1.84. The number of hydrogen-bond acceptors (Lipinski definition) is 3. The van der Waals surface area contributed by atoms with Crippen LogP contribution in [-0.4, -0.2) is 18.6 Å². The molecule has 0 aliphatic carbocycles. The van der Waals surface area contributed by atoms with Crippen LogP contribution in [0.15, 0.2) is 42.6 Å². The summed E-state index contributed by atoms with van der Waals surface area (Å²) in [5.74, 6) is 0.593. The molecule has 1 N–H and O–H groups in total. The van der Waals surface area contributed by atoms with Gasteiger partial charge in [0.25, 0.3) is 0 Å². The third-order valence-corrected chi connectivity index (χ3v) is 2.90. The van der Waals surface area contributed by atoms with E-state index in [2.05, 4.69) is 10.3 Å². The van der Waals surface area contributed by atoms with E-state index in [1.54, 1.807) is 6.07 Å². The van der Waals surface area contributed by atoms with E-state index in [9.17, 15) is 4.39 Å². The lowest BCUT2D eigenvalue weighted by molar-refractivity contribution is 0.627. The predicted molar refractivity (Wildman–Crippen MR) is 76.1 cm³/mol. The summed E-state index contributed by atoms with van der Waals surface area (Å²) in [6.45, 7) is 3.55. The molecule has 0 fully saturated rings. The smallest absolute Gasteiger partial charge is 0.132 e. The highest BCUT2D eigenvalue weighted by Crippen LogP contribution is 2.23. The molecule has 0 radical (unpaired) electrons. The Labute approximate surface area is 113 Å². The quantitative estimate of drug-likeness (QED) is 0.894. The van der Waals surface area contributed by atoms with E-state index in [4.69, 9.17) is 0 Å². The molecule has 0 saturated carbocycles. The third-order valence-electron chi connectivity index (χ3n) is 2.90. The van der Waals surface area contributed by atoms with Gasteiger partial charge in [-0.1, -0.05) is 12.1 Å². The Morgan fingerprint density at radius 3 is 2.68 bits per heavy atom. The molecule has 2 aromatic rings. The van der Waals surface area contributed by atoms with Crippen molar-refractivity contribution < 1.29 is 4.39 Å². The maximum atomic E-state index is 13.3. The van der Waals surface area contributed by atoms with Crippen LogP contribution in [-0.2, 0) is 6.54 Å². The summed E-state index contributed by atoms with van der Waals surface area (Å²) in [5, 5.41) is 3.08. The van der Waals surface area contributed by atoms with Gasteiger partial charge in [0.15, 0.2) is 0 Å². The Kier molecular flexibility index (Phi) is 4.47. The normalized spacial score (nSPS) is 10.5. The molecule has 19 heavy (non-hydrogen) atoms. The second kappa shape index (κ2) is 6.29. The van der Waals surface area contributed by atoms with Crippen molar-refractivity contribution in [3.63, 3.8) is 0 Å². The number of rotatable bonds is 5. The SMILES string of the molecule is CCN(c1cccc(F)c1)c1ccc(CNC)cn1. The zero-order valence-corrected chi connectivity index (χ0v) is 11.2. The zero-order chi connectivity index (χ0) is 13.7. The Hall–Kier alpha value is -1.94. The number of hydrogen-bond donors (Lipinski definition) is 1. The van der Waals surface area contributed by atoms with E-state index >= 15 is 0 Å². The van der Waals surface area contributed by atoms with Gasteiger partial charge in [-0.05, 0) is 43.8 Å². The minimum Gasteiger partial charge on any atom is -0.327 e. The largest absolute Gasteiger partial charge is 0.327 e. The average molecular weight is 259 g/mol. The van der Waals surface area contributed by atoms with Crippen molar-refractivity contribution in [1.29, 1.82) is 0 Å². The minimum absolute atomic E-state index is 0.234. The highest BCUT2D eigenvalue weighted by Gasteiger charge is 2.09. The molecule has 1 aromatic heterocycles. The van der Waals surface area contributed by atoms with Crippen LogP contribution in [0, 0.1) is 5.82 Å². The number of anilines is 2. The second-order valence-electron chi connectivity index (χ2n) is 4.28. The number of aromatic nitrogens is 1. The predicted octanol–water partition coefficient (Wildman–Crippen LogP) is 3.10. The lowest BCUT2D eigenvalue weighted by Gasteiger charge is -2.22. The van der Waals surface area contributed by atoms with Gasteiger partial charge in [-0.2, -0.15) is 0 Å². The van der Waals surface area contributed by atoms with Crippen molar-refractivity contribution in [3.05, 3.63) is 54.0 Å². The van der Waals surface area contributed by atoms with Gasteiger partial charge < -0.3 is 10.2 Å². The average Bonchev–Trinajstić information content (AvgIpc) is 2.42. The molecule has 0 saturated heterocycles. The molecule has 4 heteroatoms. The first-order valence-corrected chi connectivity index (χ1v) is 6.37. The first kappa shape index (κ1) is 13.5. The molecular weight excluding hydrogens is 241 g/mol. The molecule has 0 amide bonds.